The first-order chi connectivity index (χ1) is 11.2. The molecule has 2 heteroatoms. The average molecular weight is 305 g/mol. The maximum absolute atomic E-state index is 10.3. The number of phenols is 1. The van der Waals surface area contributed by atoms with Crippen LogP contribution in [0.5, 0.6) is 5.75 Å². The minimum absolute atomic E-state index is 0.0437. The van der Waals surface area contributed by atoms with Crippen LogP contribution >= 0.6 is 0 Å². The highest BCUT2D eigenvalue weighted by Gasteiger charge is 2.22. The molecule has 1 fully saturated rings. The van der Waals surface area contributed by atoms with Crippen LogP contribution in [0.1, 0.15) is 42.0 Å². The lowest BCUT2D eigenvalue weighted by atomic mass is 10.0. The molecule has 118 valence electrons. The van der Waals surface area contributed by atoms with Gasteiger partial charge in [-0.3, -0.25) is 4.90 Å². The van der Waals surface area contributed by atoms with Crippen molar-refractivity contribution in [2.75, 3.05) is 13.1 Å². The van der Waals surface area contributed by atoms with E-state index < -0.39 is 0 Å². The zero-order valence-electron chi connectivity index (χ0n) is 13.6. The quantitative estimate of drug-likeness (QED) is 0.837. The number of likely N-dealkylation sites (tertiary alicyclic amines) is 1. The second-order valence-corrected chi connectivity index (χ2v) is 6.19. The second-order valence-electron chi connectivity index (χ2n) is 6.19. The molecular formula is C21H23NO. The molecule has 0 aromatic heterocycles. The Bertz CT molecular complexity index is 703. The molecule has 0 radical (unpaired) electrons. The van der Waals surface area contributed by atoms with Crippen molar-refractivity contribution in [3.8, 4) is 17.6 Å². The molecule has 1 aliphatic heterocycles. The van der Waals surface area contributed by atoms with Crippen molar-refractivity contribution in [3.05, 3.63) is 65.2 Å². The van der Waals surface area contributed by atoms with Gasteiger partial charge >= 0.3 is 0 Å². The first kappa shape index (κ1) is 15.6. The molecular weight excluding hydrogens is 282 g/mol. The normalized spacial score (nSPS) is 16.4. The summed E-state index contributed by atoms with van der Waals surface area (Å²) in [5, 5.41) is 10.3. The zero-order chi connectivity index (χ0) is 16.1. The largest absolute Gasteiger partial charge is 0.508 e. The van der Waals surface area contributed by atoms with Gasteiger partial charge in [0, 0.05) is 11.1 Å². The highest BCUT2D eigenvalue weighted by atomic mass is 16.3. The molecule has 0 spiro atoms. The molecule has 2 aromatic carbocycles. The number of hydrogen-bond acceptors (Lipinski definition) is 2. The van der Waals surface area contributed by atoms with E-state index in [1.54, 1.807) is 6.07 Å². The van der Waals surface area contributed by atoms with Gasteiger partial charge in [-0.2, -0.15) is 0 Å². The maximum Gasteiger partial charge on any atom is 0.121 e. The summed E-state index contributed by atoms with van der Waals surface area (Å²) >= 11 is 0. The molecule has 1 atom stereocenters. The van der Waals surface area contributed by atoms with Crippen LogP contribution in [0, 0.1) is 18.8 Å². The Labute approximate surface area is 138 Å². The van der Waals surface area contributed by atoms with Crippen molar-refractivity contribution in [3.63, 3.8) is 0 Å². The van der Waals surface area contributed by atoms with E-state index in [9.17, 15) is 5.11 Å². The van der Waals surface area contributed by atoms with Gasteiger partial charge in [-0.1, -0.05) is 54.2 Å². The molecule has 0 bridgehead atoms. The second kappa shape index (κ2) is 7.35. The van der Waals surface area contributed by atoms with Gasteiger partial charge in [0.1, 0.15) is 11.8 Å². The Balaban J connectivity index is 1.92. The molecule has 1 N–H and O–H groups in total. The van der Waals surface area contributed by atoms with E-state index in [0.717, 1.165) is 24.2 Å². The smallest absolute Gasteiger partial charge is 0.121 e. The first-order valence-corrected chi connectivity index (χ1v) is 8.34. The number of rotatable bonds is 2. The van der Waals surface area contributed by atoms with Crippen LogP contribution in [0.2, 0.25) is 0 Å². The van der Waals surface area contributed by atoms with E-state index in [2.05, 4.69) is 47.9 Å². The Hall–Kier alpha value is -2.24. The summed E-state index contributed by atoms with van der Waals surface area (Å²) in [5.74, 6) is 7.02. The van der Waals surface area contributed by atoms with Gasteiger partial charge in [0.15, 0.2) is 0 Å². The highest BCUT2D eigenvalue weighted by molar-refractivity contribution is 5.43. The number of benzene rings is 2. The minimum atomic E-state index is -0.0437. The van der Waals surface area contributed by atoms with Crippen LogP contribution in [-0.2, 0) is 0 Å². The van der Waals surface area contributed by atoms with Gasteiger partial charge in [-0.05, 0) is 51.1 Å². The van der Waals surface area contributed by atoms with Crippen LogP contribution < -0.4 is 0 Å². The number of piperidine rings is 1. The fourth-order valence-corrected chi connectivity index (χ4v) is 3.05. The molecule has 23 heavy (non-hydrogen) atoms. The number of nitrogens with zero attached hydrogens (tertiary/aromatic N) is 1. The summed E-state index contributed by atoms with van der Waals surface area (Å²) in [6, 6.07) is 15.8. The Morgan fingerprint density at radius 3 is 2.35 bits per heavy atom. The minimum Gasteiger partial charge on any atom is -0.508 e. The lowest BCUT2D eigenvalue weighted by Gasteiger charge is -2.32. The van der Waals surface area contributed by atoms with Crippen molar-refractivity contribution in [2.24, 2.45) is 0 Å². The Morgan fingerprint density at radius 2 is 1.65 bits per heavy atom. The lowest BCUT2D eigenvalue weighted by Crippen LogP contribution is -2.33. The molecule has 1 unspecified atom stereocenters. The topological polar surface area (TPSA) is 23.5 Å². The van der Waals surface area contributed by atoms with Crippen LogP contribution in [0.25, 0.3) is 0 Å². The van der Waals surface area contributed by atoms with E-state index in [4.69, 9.17) is 0 Å². The van der Waals surface area contributed by atoms with Crippen LogP contribution in [0.3, 0.4) is 0 Å². The van der Waals surface area contributed by atoms with Gasteiger partial charge in [0.2, 0.25) is 0 Å². The number of aryl methyl sites for hydroxylation is 1. The van der Waals surface area contributed by atoms with E-state index >= 15 is 0 Å². The summed E-state index contributed by atoms with van der Waals surface area (Å²) in [5.41, 5.74) is 3.17. The van der Waals surface area contributed by atoms with E-state index in [1.807, 2.05) is 18.2 Å². The van der Waals surface area contributed by atoms with Crippen LogP contribution in [0.4, 0.5) is 0 Å². The fourth-order valence-electron chi connectivity index (χ4n) is 3.05. The van der Waals surface area contributed by atoms with E-state index in [1.165, 1.54) is 24.8 Å². The van der Waals surface area contributed by atoms with Gasteiger partial charge in [0.25, 0.3) is 0 Å². The molecule has 0 amide bonds. The summed E-state index contributed by atoms with van der Waals surface area (Å²) in [4.78, 5) is 2.39. The molecule has 1 saturated heterocycles. The standard InChI is InChI=1S/C21H23NO/c1-17-9-11-18(12-10-17)13-14-20(22-15-5-2-6-16-22)19-7-3-4-8-21(19)23/h3-4,7-12,20,23H,2,5-6,15-16H2,1H3. The predicted octanol–water partition coefficient (Wildman–Crippen LogP) is 4.28. The highest BCUT2D eigenvalue weighted by Crippen LogP contribution is 2.30. The molecule has 1 aliphatic rings. The third-order valence-electron chi connectivity index (χ3n) is 4.39. The molecule has 0 aliphatic carbocycles. The monoisotopic (exact) mass is 305 g/mol. The summed E-state index contributed by atoms with van der Waals surface area (Å²) < 4.78 is 0. The molecule has 3 rings (SSSR count). The van der Waals surface area contributed by atoms with Crippen molar-refractivity contribution < 1.29 is 5.11 Å². The SMILES string of the molecule is Cc1ccc(C#CC(c2ccccc2O)N2CCCCC2)cc1. The van der Waals surface area contributed by atoms with Crippen LogP contribution in [-0.4, -0.2) is 23.1 Å². The zero-order valence-corrected chi connectivity index (χ0v) is 13.6. The fraction of sp³-hybridized carbons (Fsp3) is 0.333. The van der Waals surface area contributed by atoms with Gasteiger partial charge in [-0.25, -0.2) is 0 Å². The number of para-hydroxylation sites is 1. The van der Waals surface area contributed by atoms with Crippen molar-refractivity contribution >= 4 is 0 Å². The number of aromatic hydroxyl groups is 1. The molecule has 2 nitrogen and oxygen atoms in total. The molecule has 0 saturated carbocycles. The number of phenolic OH excluding ortho intramolecular Hbond substituents is 1. The van der Waals surface area contributed by atoms with Crippen LogP contribution in [0.15, 0.2) is 48.5 Å². The average Bonchev–Trinajstić information content (AvgIpc) is 2.59. The Morgan fingerprint density at radius 1 is 0.957 bits per heavy atom. The van der Waals surface area contributed by atoms with Gasteiger partial charge in [0.05, 0.1) is 0 Å². The third-order valence-corrected chi connectivity index (χ3v) is 4.39. The maximum atomic E-state index is 10.3. The van der Waals surface area contributed by atoms with Crippen molar-refractivity contribution in [2.45, 2.75) is 32.2 Å². The number of hydrogen-bond donors (Lipinski definition) is 1. The summed E-state index contributed by atoms with van der Waals surface area (Å²) in [6.45, 7) is 4.17. The summed E-state index contributed by atoms with van der Waals surface area (Å²) in [6.07, 6.45) is 3.70. The van der Waals surface area contributed by atoms with Crippen molar-refractivity contribution in [1.82, 2.24) is 4.90 Å². The lowest BCUT2D eigenvalue weighted by molar-refractivity contribution is 0.195. The third kappa shape index (κ3) is 3.94. The summed E-state index contributed by atoms with van der Waals surface area (Å²) in [7, 11) is 0. The van der Waals surface area contributed by atoms with Gasteiger partial charge < -0.3 is 5.11 Å². The van der Waals surface area contributed by atoms with E-state index in [0.29, 0.717) is 5.75 Å². The first-order valence-electron chi connectivity index (χ1n) is 8.34. The van der Waals surface area contributed by atoms with Crippen molar-refractivity contribution in [1.29, 1.82) is 0 Å². The molecule has 2 aromatic rings. The van der Waals surface area contributed by atoms with E-state index in [-0.39, 0.29) is 6.04 Å². The molecule has 1 heterocycles. The predicted molar refractivity (Wildman–Crippen MR) is 94.3 cm³/mol. The van der Waals surface area contributed by atoms with Gasteiger partial charge in [-0.15, -0.1) is 0 Å². The Kier molecular flexibility index (Phi) is 5.00.